The van der Waals surface area contributed by atoms with Gasteiger partial charge < -0.3 is 25.4 Å². The monoisotopic (exact) mass is 423 g/mol. The minimum absolute atomic E-state index is 0.0320. The van der Waals surface area contributed by atoms with E-state index < -0.39 is 12.1 Å². The second kappa shape index (κ2) is 13.9. The van der Waals surface area contributed by atoms with E-state index in [0.29, 0.717) is 22.7 Å². The summed E-state index contributed by atoms with van der Waals surface area (Å²) in [7, 11) is 1.44. The van der Waals surface area contributed by atoms with Gasteiger partial charge in [-0.3, -0.25) is 0 Å². The lowest BCUT2D eigenvalue weighted by molar-refractivity contribution is 0.148. The van der Waals surface area contributed by atoms with E-state index in [1.165, 1.54) is 7.11 Å². The molecule has 0 aromatic heterocycles. The maximum absolute atomic E-state index is 12.2. The summed E-state index contributed by atoms with van der Waals surface area (Å²) in [5.74, 6) is 0.361. The third-order valence-electron chi connectivity index (χ3n) is 3.65. The van der Waals surface area contributed by atoms with E-state index >= 15 is 0 Å². The molecular formula is C22H25N5O4. The summed E-state index contributed by atoms with van der Waals surface area (Å²) >= 11 is 0. The molecule has 3 amide bonds. The summed E-state index contributed by atoms with van der Waals surface area (Å²) < 4.78 is 9.93. The van der Waals surface area contributed by atoms with Crippen molar-refractivity contribution < 1.29 is 19.1 Å². The van der Waals surface area contributed by atoms with Crippen molar-refractivity contribution in [2.45, 2.75) is 26.8 Å². The Hall–Kier alpha value is -4.24. The van der Waals surface area contributed by atoms with Gasteiger partial charge in [0.1, 0.15) is 18.4 Å². The highest BCUT2D eigenvalue weighted by atomic mass is 16.5. The van der Waals surface area contributed by atoms with Crippen LogP contribution < -0.4 is 20.7 Å². The van der Waals surface area contributed by atoms with Crippen molar-refractivity contribution >= 4 is 23.5 Å². The first-order valence-corrected chi connectivity index (χ1v) is 9.58. The number of urea groups is 1. The first-order chi connectivity index (χ1) is 15.0. The molecule has 0 atom stereocenters. The first kappa shape index (κ1) is 24.8. The van der Waals surface area contributed by atoms with Crippen LogP contribution in [0.25, 0.3) is 0 Å². The smallest absolute Gasteiger partial charge is 0.407 e. The molecule has 0 bridgehead atoms. The molecule has 9 nitrogen and oxygen atoms in total. The Balaban J connectivity index is 0.00000233. The molecule has 0 aliphatic heterocycles. The Kier molecular flexibility index (Phi) is 11.1. The Labute approximate surface area is 181 Å². The molecule has 2 aromatic rings. The van der Waals surface area contributed by atoms with Gasteiger partial charge in [-0.15, -0.1) is 0 Å². The van der Waals surface area contributed by atoms with Gasteiger partial charge in [-0.25, -0.2) is 9.59 Å². The molecule has 0 spiro atoms. The van der Waals surface area contributed by atoms with Crippen LogP contribution in [0.1, 0.15) is 31.4 Å². The van der Waals surface area contributed by atoms with E-state index in [1.807, 2.05) is 26.0 Å². The van der Waals surface area contributed by atoms with Crippen LogP contribution >= 0.6 is 0 Å². The number of nitrogens with zero attached hydrogens (tertiary/aromatic N) is 2. The molecule has 3 N–H and O–H groups in total. The second-order valence-corrected chi connectivity index (χ2v) is 5.70. The SMILES string of the molecule is CC.COc1cc(NC(=O)Nc2cccc(CNC(=O)OCCC#N)c2)ccc1C#N. The van der Waals surface area contributed by atoms with Gasteiger partial charge in [0, 0.05) is 24.0 Å². The van der Waals surface area contributed by atoms with Crippen molar-refractivity contribution in [3.05, 3.63) is 53.6 Å². The highest BCUT2D eigenvalue weighted by molar-refractivity contribution is 6.00. The van der Waals surface area contributed by atoms with Crippen LogP contribution in [0, 0.1) is 22.7 Å². The lowest BCUT2D eigenvalue weighted by Gasteiger charge is -2.11. The largest absolute Gasteiger partial charge is 0.495 e. The average molecular weight is 423 g/mol. The Morgan fingerprint density at radius 3 is 2.39 bits per heavy atom. The van der Waals surface area contributed by atoms with E-state index in [2.05, 4.69) is 16.0 Å². The van der Waals surface area contributed by atoms with E-state index in [0.717, 1.165) is 5.56 Å². The minimum atomic E-state index is -0.619. The predicted molar refractivity (Wildman–Crippen MR) is 117 cm³/mol. The number of nitrogens with one attached hydrogen (secondary N) is 3. The highest BCUT2D eigenvalue weighted by Gasteiger charge is 2.08. The van der Waals surface area contributed by atoms with Crippen molar-refractivity contribution in [2.75, 3.05) is 24.4 Å². The van der Waals surface area contributed by atoms with Crippen molar-refractivity contribution in [3.63, 3.8) is 0 Å². The third kappa shape index (κ3) is 8.75. The van der Waals surface area contributed by atoms with Crippen LogP contribution in [-0.2, 0) is 11.3 Å². The number of benzene rings is 2. The summed E-state index contributed by atoms with van der Waals surface area (Å²) in [5, 5.41) is 25.3. The zero-order valence-corrected chi connectivity index (χ0v) is 17.7. The molecule has 0 radical (unpaired) electrons. The van der Waals surface area contributed by atoms with Gasteiger partial charge in [0.25, 0.3) is 0 Å². The summed E-state index contributed by atoms with van der Waals surface area (Å²) in [6, 6.07) is 15.0. The van der Waals surface area contributed by atoms with Crippen LogP contribution in [0.15, 0.2) is 42.5 Å². The molecule has 0 heterocycles. The zero-order valence-electron chi connectivity index (χ0n) is 17.7. The van der Waals surface area contributed by atoms with Crippen LogP contribution in [0.3, 0.4) is 0 Å². The van der Waals surface area contributed by atoms with Crippen molar-refractivity contribution in [1.29, 1.82) is 10.5 Å². The fraction of sp³-hybridized carbons (Fsp3) is 0.273. The Bertz CT molecular complexity index is 963. The number of methoxy groups -OCH3 is 1. The van der Waals surface area contributed by atoms with Gasteiger partial charge in [-0.2, -0.15) is 10.5 Å². The zero-order chi connectivity index (χ0) is 23.1. The van der Waals surface area contributed by atoms with Gasteiger partial charge >= 0.3 is 12.1 Å². The lowest BCUT2D eigenvalue weighted by atomic mass is 10.2. The summed E-state index contributed by atoms with van der Waals surface area (Å²) in [4.78, 5) is 23.7. The molecule has 0 aliphatic rings. The number of carbonyl (C=O) groups excluding carboxylic acids is 2. The fourth-order valence-corrected chi connectivity index (χ4v) is 2.33. The van der Waals surface area contributed by atoms with Crippen LogP contribution in [0.2, 0.25) is 0 Å². The molecule has 162 valence electrons. The maximum Gasteiger partial charge on any atom is 0.407 e. The van der Waals surface area contributed by atoms with Gasteiger partial charge in [0.2, 0.25) is 0 Å². The average Bonchev–Trinajstić information content (AvgIpc) is 2.79. The van der Waals surface area contributed by atoms with Gasteiger partial charge in [0.15, 0.2) is 0 Å². The number of hydrogen-bond donors (Lipinski definition) is 3. The van der Waals surface area contributed by atoms with Gasteiger partial charge in [0.05, 0.1) is 25.2 Å². The van der Waals surface area contributed by atoms with Gasteiger partial charge in [-0.1, -0.05) is 26.0 Å². The van der Waals surface area contributed by atoms with Gasteiger partial charge in [-0.05, 0) is 29.8 Å². The van der Waals surface area contributed by atoms with E-state index in [9.17, 15) is 9.59 Å². The molecule has 0 aliphatic carbocycles. The molecular weight excluding hydrogens is 398 g/mol. The topological polar surface area (TPSA) is 136 Å². The number of ether oxygens (including phenoxy) is 2. The number of anilines is 2. The molecule has 0 unspecified atom stereocenters. The fourth-order valence-electron chi connectivity index (χ4n) is 2.33. The number of rotatable bonds is 7. The Morgan fingerprint density at radius 2 is 1.74 bits per heavy atom. The molecule has 0 saturated heterocycles. The standard InChI is InChI=1S/C20H19N5O4.C2H6/c1-28-18-11-17(7-6-15(18)12-22)25-19(26)24-16-5-2-4-14(10-16)13-23-20(27)29-9-3-8-21;1-2/h2,4-7,10-11H,3,9,13H2,1H3,(H,23,27)(H2,24,25,26);1-2H3. The summed E-state index contributed by atoms with van der Waals surface area (Å²) in [6.45, 7) is 4.24. The highest BCUT2D eigenvalue weighted by Crippen LogP contribution is 2.22. The molecule has 9 heteroatoms. The molecule has 0 fully saturated rings. The van der Waals surface area contributed by atoms with Crippen molar-refractivity contribution in [1.82, 2.24) is 5.32 Å². The number of hydrogen-bond acceptors (Lipinski definition) is 6. The molecule has 2 aromatic carbocycles. The van der Waals surface area contributed by atoms with Crippen molar-refractivity contribution in [2.24, 2.45) is 0 Å². The normalized spacial score (nSPS) is 9.06. The number of alkyl carbamates (subject to hydrolysis) is 1. The van der Waals surface area contributed by atoms with E-state index in [1.54, 1.807) is 42.5 Å². The van der Waals surface area contributed by atoms with E-state index in [-0.39, 0.29) is 19.6 Å². The third-order valence-corrected chi connectivity index (χ3v) is 3.65. The Morgan fingerprint density at radius 1 is 1.03 bits per heavy atom. The van der Waals surface area contributed by atoms with Crippen LogP contribution in [-0.4, -0.2) is 25.8 Å². The molecule has 0 saturated carbocycles. The molecule has 2 rings (SSSR count). The lowest BCUT2D eigenvalue weighted by Crippen LogP contribution is -2.24. The quantitative estimate of drug-likeness (QED) is 0.565. The number of amides is 3. The number of carbonyl (C=O) groups is 2. The van der Waals surface area contributed by atoms with E-state index in [4.69, 9.17) is 20.0 Å². The summed E-state index contributed by atoms with van der Waals surface area (Å²) in [6.07, 6.45) is -0.487. The predicted octanol–water partition coefficient (Wildman–Crippen LogP) is 4.38. The second-order valence-electron chi connectivity index (χ2n) is 5.70. The van der Waals surface area contributed by atoms with Crippen LogP contribution in [0.4, 0.5) is 21.0 Å². The minimum Gasteiger partial charge on any atom is -0.495 e. The van der Waals surface area contributed by atoms with Crippen molar-refractivity contribution in [3.8, 4) is 17.9 Å². The summed E-state index contributed by atoms with van der Waals surface area (Å²) in [5.41, 5.74) is 2.11. The number of nitriles is 2. The van der Waals surface area contributed by atoms with Crippen LogP contribution in [0.5, 0.6) is 5.75 Å². The molecule has 31 heavy (non-hydrogen) atoms. The first-order valence-electron chi connectivity index (χ1n) is 9.58. The maximum atomic E-state index is 12.2.